The van der Waals surface area contributed by atoms with Gasteiger partial charge in [0.2, 0.25) is 5.91 Å². The van der Waals surface area contributed by atoms with Gasteiger partial charge in [-0.15, -0.1) is 0 Å². The minimum absolute atomic E-state index is 0.202. The Hall–Kier alpha value is -3.09. The van der Waals surface area contributed by atoms with Crippen LogP contribution in [0.25, 0.3) is 0 Å². The zero-order chi connectivity index (χ0) is 18.2. The highest BCUT2D eigenvalue weighted by Crippen LogP contribution is 2.58. The van der Waals surface area contributed by atoms with Gasteiger partial charge in [0.15, 0.2) is 5.76 Å². The first-order valence-corrected chi connectivity index (χ1v) is 7.79. The molecule has 1 aromatic carbocycles. The van der Waals surface area contributed by atoms with Crippen molar-refractivity contribution in [3.05, 3.63) is 48.4 Å². The van der Waals surface area contributed by atoms with Crippen molar-refractivity contribution in [1.29, 1.82) is 0 Å². The highest BCUT2D eigenvalue weighted by atomic mass is 16.4. The highest BCUT2D eigenvalue weighted by Gasteiger charge is 2.65. The molecule has 1 fully saturated rings. The van der Waals surface area contributed by atoms with E-state index >= 15 is 0 Å². The van der Waals surface area contributed by atoms with Crippen LogP contribution in [0.2, 0.25) is 0 Å². The van der Waals surface area contributed by atoms with Gasteiger partial charge in [-0.25, -0.2) is 0 Å². The Bertz CT molecular complexity index is 809. The number of carboxylic acids is 1. The summed E-state index contributed by atoms with van der Waals surface area (Å²) >= 11 is 0. The summed E-state index contributed by atoms with van der Waals surface area (Å²) in [5.41, 5.74) is 0.537. The minimum atomic E-state index is -0.957. The first kappa shape index (κ1) is 16.8. The molecule has 7 heteroatoms. The van der Waals surface area contributed by atoms with Crippen LogP contribution < -0.4 is 10.6 Å². The van der Waals surface area contributed by atoms with Crippen LogP contribution in [0.1, 0.15) is 24.4 Å². The number of aliphatic carboxylic acids is 1. The molecule has 0 aliphatic heterocycles. The SMILES string of the molecule is CC1(C)C(C(=O)O)C1C(=O)Nc1ccc(NC(=O)c2ccco2)cc1. The van der Waals surface area contributed by atoms with Crippen LogP contribution in [-0.2, 0) is 9.59 Å². The Morgan fingerprint density at radius 2 is 1.60 bits per heavy atom. The summed E-state index contributed by atoms with van der Waals surface area (Å²) in [6.07, 6.45) is 1.41. The van der Waals surface area contributed by atoms with Crippen LogP contribution >= 0.6 is 0 Å². The summed E-state index contributed by atoms with van der Waals surface area (Å²) in [7, 11) is 0. The lowest BCUT2D eigenvalue weighted by molar-refractivity contribution is -0.140. The van der Waals surface area contributed by atoms with Gasteiger partial charge in [-0.2, -0.15) is 0 Å². The normalized spacial score (nSPS) is 20.6. The summed E-state index contributed by atoms with van der Waals surface area (Å²) in [5, 5.41) is 14.5. The summed E-state index contributed by atoms with van der Waals surface area (Å²) in [5.74, 6) is -2.66. The fraction of sp³-hybridized carbons (Fsp3) is 0.278. The molecule has 0 spiro atoms. The molecule has 1 aliphatic rings. The molecule has 0 radical (unpaired) electrons. The van der Waals surface area contributed by atoms with Crippen molar-refractivity contribution in [2.45, 2.75) is 13.8 Å². The molecule has 2 amide bonds. The van der Waals surface area contributed by atoms with E-state index in [1.165, 1.54) is 6.26 Å². The zero-order valence-electron chi connectivity index (χ0n) is 13.8. The number of rotatable bonds is 5. The fourth-order valence-corrected chi connectivity index (χ4v) is 3.05. The molecule has 7 nitrogen and oxygen atoms in total. The standard InChI is InChI=1S/C18H18N2O5/c1-18(2)13(14(18)17(23)24)16(22)20-11-7-5-10(6-8-11)19-15(21)12-4-3-9-25-12/h3-9,13-14H,1-2H3,(H,19,21)(H,20,22)(H,23,24). The minimum Gasteiger partial charge on any atom is -0.481 e. The lowest BCUT2D eigenvalue weighted by Crippen LogP contribution is -2.17. The molecule has 2 unspecified atom stereocenters. The second-order valence-corrected chi connectivity index (χ2v) is 6.61. The van der Waals surface area contributed by atoms with Gasteiger partial charge in [-0.05, 0) is 41.8 Å². The van der Waals surface area contributed by atoms with Crippen LogP contribution in [0.5, 0.6) is 0 Å². The van der Waals surface area contributed by atoms with Gasteiger partial charge in [0.1, 0.15) is 0 Å². The molecule has 0 bridgehead atoms. The lowest BCUT2D eigenvalue weighted by atomic mass is 10.1. The van der Waals surface area contributed by atoms with E-state index in [9.17, 15) is 14.4 Å². The molecule has 130 valence electrons. The molecule has 2 atom stereocenters. The second-order valence-electron chi connectivity index (χ2n) is 6.61. The quantitative estimate of drug-likeness (QED) is 0.774. The van der Waals surface area contributed by atoms with Gasteiger partial charge in [-0.1, -0.05) is 13.8 Å². The van der Waals surface area contributed by atoms with E-state index in [4.69, 9.17) is 9.52 Å². The number of furan rings is 1. The smallest absolute Gasteiger partial charge is 0.307 e. The van der Waals surface area contributed by atoms with E-state index in [0.29, 0.717) is 11.4 Å². The average Bonchev–Trinajstić information content (AvgIpc) is 2.90. The zero-order valence-corrected chi connectivity index (χ0v) is 13.8. The van der Waals surface area contributed by atoms with Gasteiger partial charge in [0.05, 0.1) is 18.1 Å². The maximum Gasteiger partial charge on any atom is 0.307 e. The van der Waals surface area contributed by atoms with E-state index in [1.54, 1.807) is 50.2 Å². The number of benzene rings is 1. The first-order valence-electron chi connectivity index (χ1n) is 7.79. The lowest BCUT2D eigenvalue weighted by Gasteiger charge is -2.08. The van der Waals surface area contributed by atoms with Crippen molar-refractivity contribution in [2.75, 3.05) is 10.6 Å². The molecule has 2 aromatic rings. The number of carbonyl (C=O) groups is 3. The van der Waals surface area contributed by atoms with Crippen molar-refractivity contribution >= 4 is 29.2 Å². The number of amides is 2. The topological polar surface area (TPSA) is 109 Å². The third-order valence-electron chi connectivity index (χ3n) is 4.53. The van der Waals surface area contributed by atoms with Crippen molar-refractivity contribution in [1.82, 2.24) is 0 Å². The molecule has 0 saturated heterocycles. The molecule has 3 rings (SSSR count). The summed E-state index contributed by atoms with van der Waals surface area (Å²) in [4.78, 5) is 35.3. The van der Waals surface area contributed by atoms with Crippen molar-refractivity contribution in [2.24, 2.45) is 17.3 Å². The third kappa shape index (κ3) is 3.26. The van der Waals surface area contributed by atoms with Crippen molar-refractivity contribution < 1.29 is 23.9 Å². The number of hydrogen-bond donors (Lipinski definition) is 3. The number of anilines is 2. The first-order chi connectivity index (χ1) is 11.8. The number of nitrogens with one attached hydrogen (secondary N) is 2. The van der Waals surface area contributed by atoms with Crippen molar-refractivity contribution in [3.8, 4) is 0 Å². The predicted molar refractivity (Wildman–Crippen MR) is 90.1 cm³/mol. The van der Waals surface area contributed by atoms with Crippen LogP contribution in [0.15, 0.2) is 47.1 Å². The maximum absolute atomic E-state index is 12.3. The second kappa shape index (κ2) is 6.08. The van der Waals surface area contributed by atoms with Crippen molar-refractivity contribution in [3.63, 3.8) is 0 Å². The van der Waals surface area contributed by atoms with Gasteiger partial charge in [0.25, 0.3) is 5.91 Å². The highest BCUT2D eigenvalue weighted by molar-refractivity contribution is 6.03. The van der Waals surface area contributed by atoms with Gasteiger partial charge >= 0.3 is 5.97 Å². The summed E-state index contributed by atoms with van der Waals surface area (Å²) in [6.45, 7) is 3.53. The number of carboxylic acid groups (broad SMARTS) is 1. The van der Waals surface area contributed by atoms with E-state index in [-0.39, 0.29) is 17.6 Å². The maximum atomic E-state index is 12.3. The third-order valence-corrected chi connectivity index (χ3v) is 4.53. The number of carbonyl (C=O) groups excluding carboxylic acids is 2. The predicted octanol–water partition coefficient (Wildman–Crippen LogP) is 2.83. The van der Waals surface area contributed by atoms with Crippen LogP contribution in [0.4, 0.5) is 11.4 Å². The molecular formula is C18H18N2O5. The van der Waals surface area contributed by atoms with Gasteiger partial charge in [0, 0.05) is 11.4 Å². The Kier molecular flexibility index (Phi) is 4.08. The molecule has 3 N–H and O–H groups in total. The van der Waals surface area contributed by atoms with Crippen LogP contribution in [-0.4, -0.2) is 22.9 Å². The van der Waals surface area contributed by atoms with Crippen LogP contribution in [0, 0.1) is 17.3 Å². The van der Waals surface area contributed by atoms with E-state index in [1.807, 2.05) is 0 Å². The summed E-state index contributed by atoms with van der Waals surface area (Å²) in [6, 6.07) is 9.74. The molecular weight excluding hydrogens is 324 g/mol. The monoisotopic (exact) mass is 342 g/mol. The molecule has 1 aliphatic carbocycles. The molecule has 25 heavy (non-hydrogen) atoms. The number of hydrogen-bond acceptors (Lipinski definition) is 4. The van der Waals surface area contributed by atoms with E-state index in [0.717, 1.165) is 0 Å². The van der Waals surface area contributed by atoms with E-state index < -0.39 is 23.2 Å². The van der Waals surface area contributed by atoms with Crippen LogP contribution in [0.3, 0.4) is 0 Å². The Morgan fingerprint density at radius 1 is 1.00 bits per heavy atom. The largest absolute Gasteiger partial charge is 0.481 e. The van der Waals surface area contributed by atoms with E-state index in [2.05, 4.69) is 10.6 Å². The summed E-state index contributed by atoms with van der Waals surface area (Å²) < 4.78 is 5.01. The average molecular weight is 342 g/mol. The molecule has 1 heterocycles. The molecule has 1 aromatic heterocycles. The molecule has 1 saturated carbocycles. The van der Waals surface area contributed by atoms with Gasteiger partial charge in [-0.3, -0.25) is 14.4 Å². The Balaban J connectivity index is 1.61. The Morgan fingerprint density at radius 3 is 2.08 bits per heavy atom. The van der Waals surface area contributed by atoms with Gasteiger partial charge < -0.3 is 20.2 Å². The Labute approximate surface area is 144 Å². The fourth-order valence-electron chi connectivity index (χ4n) is 3.05.